The van der Waals surface area contributed by atoms with Gasteiger partial charge < -0.3 is 20.3 Å². The van der Waals surface area contributed by atoms with Crippen LogP contribution in [0.15, 0.2) is 42.5 Å². The smallest absolute Gasteiger partial charge is 0.323 e. The van der Waals surface area contributed by atoms with E-state index in [1.807, 2.05) is 48.2 Å². The lowest BCUT2D eigenvalue weighted by Gasteiger charge is -2.28. The fourth-order valence-electron chi connectivity index (χ4n) is 3.64. The summed E-state index contributed by atoms with van der Waals surface area (Å²) in [5.74, 6) is 1.16. The molecule has 0 spiro atoms. The molecule has 31 heavy (non-hydrogen) atoms. The molecule has 0 unspecified atom stereocenters. The van der Waals surface area contributed by atoms with Gasteiger partial charge in [-0.2, -0.15) is 0 Å². The number of benzene rings is 2. The van der Waals surface area contributed by atoms with Gasteiger partial charge in [-0.15, -0.1) is 0 Å². The number of amides is 3. The van der Waals surface area contributed by atoms with E-state index in [4.69, 9.17) is 4.74 Å². The molecule has 2 aromatic carbocycles. The molecule has 0 saturated carbocycles. The van der Waals surface area contributed by atoms with Crippen LogP contribution in [0, 0.1) is 0 Å². The predicted octanol–water partition coefficient (Wildman–Crippen LogP) is 5.75. The number of nitrogens with one attached hydrogen (secondary N) is 2. The zero-order valence-electron chi connectivity index (χ0n) is 19.1. The summed E-state index contributed by atoms with van der Waals surface area (Å²) in [5.41, 5.74) is 3.51. The second-order valence-corrected chi connectivity index (χ2v) is 8.42. The number of hydrogen-bond donors (Lipinski definition) is 2. The predicted molar refractivity (Wildman–Crippen MR) is 125 cm³/mol. The normalized spacial score (nSPS) is 16.9. The number of anilines is 2. The molecule has 0 aliphatic carbocycles. The Bertz CT molecular complexity index is 924. The molecule has 0 bridgehead atoms. The molecular formula is C25H33N3O3. The van der Waals surface area contributed by atoms with Gasteiger partial charge in [-0.25, -0.2) is 4.79 Å². The van der Waals surface area contributed by atoms with Crippen LogP contribution in [0.4, 0.5) is 16.2 Å². The Kier molecular flexibility index (Phi) is 7.21. The van der Waals surface area contributed by atoms with Gasteiger partial charge in [0, 0.05) is 29.5 Å². The van der Waals surface area contributed by atoms with Crippen LogP contribution in [0.1, 0.15) is 64.5 Å². The van der Waals surface area contributed by atoms with E-state index in [1.54, 1.807) is 6.07 Å². The lowest BCUT2D eigenvalue weighted by atomic mass is 10.0. The average molecular weight is 424 g/mol. The Morgan fingerprint density at radius 1 is 1.06 bits per heavy atom. The van der Waals surface area contributed by atoms with Gasteiger partial charge in [0.15, 0.2) is 6.10 Å². The third kappa shape index (κ3) is 5.37. The zero-order chi connectivity index (χ0) is 22.5. The highest BCUT2D eigenvalue weighted by molar-refractivity contribution is 5.99. The first-order valence-corrected chi connectivity index (χ1v) is 11.1. The summed E-state index contributed by atoms with van der Waals surface area (Å²) >= 11 is 0. The number of rotatable bonds is 6. The minimum Gasteiger partial charge on any atom is -0.480 e. The van der Waals surface area contributed by atoms with Crippen molar-refractivity contribution in [3.05, 3.63) is 53.6 Å². The molecule has 6 nitrogen and oxygen atoms in total. The van der Waals surface area contributed by atoms with Crippen molar-refractivity contribution in [2.45, 2.75) is 72.1 Å². The number of carbonyl (C=O) groups is 2. The van der Waals surface area contributed by atoms with Crippen LogP contribution in [0.25, 0.3) is 0 Å². The Labute approximate surface area is 185 Å². The van der Waals surface area contributed by atoms with E-state index < -0.39 is 6.10 Å². The molecule has 166 valence electrons. The first-order chi connectivity index (χ1) is 14.8. The third-order valence-corrected chi connectivity index (χ3v) is 5.82. The highest BCUT2D eigenvalue weighted by Crippen LogP contribution is 2.30. The van der Waals surface area contributed by atoms with Crippen molar-refractivity contribution in [1.82, 2.24) is 4.90 Å². The zero-order valence-corrected chi connectivity index (χ0v) is 19.1. The van der Waals surface area contributed by atoms with Crippen molar-refractivity contribution in [1.29, 1.82) is 0 Å². The van der Waals surface area contributed by atoms with Crippen molar-refractivity contribution in [2.75, 3.05) is 10.6 Å². The molecule has 1 heterocycles. The van der Waals surface area contributed by atoms with Gasteiger partial charge in [-0.05, 0) is 61.6 Å². The second-order valence-electron chi connectivity index (χ2n) is 8.42. The summed E-state index contributed by atoms with van der Waals surface area (Å²) < 4.78 is 6.01. The van der Waals surface area contributed by atoms with Crippen LogP contribution in [-0.2, 0) is 11.3 Å². The molecule has 1 aliphatic heterocycles. The van der Waals surface area contributed by atoms with E-state index >= 15 is 0 Å². The molecule has 0 radical (unpaired) electrons. The maximum atomic E-state index is 12.9. The molecule has 2 aromatic rings. The molecule has 3 rings (SSSR count). The average Bonchev–Trinajstić information content (AvgIpc) is 2.89. The standard InChI is InChI=1S/C25H33N3O3/c1-6-17(5)28-15-19-14-21(12-13-23(19)31-22(7-2)24(28)29)27-25(30)26-20-10-8-18(9-11-20)16(3)4/h8-14,16-17,22H,6-7,15H2,1-5H3,(H2,26,27,30)/t17-,22-/m0/s1. The van der Waals surface area contributed by atoms with Crippen molar-refractivity contribution >= 4 is 23.3 Å². The van der Waals surface area contributed by atoms with Crippen molar-refractivity contribution in [3.8, 4) is 5.75 Å². The molecule has 0 saturated heterocycles. The van der Waals surface area contributed by atoms with Gasteiger partial charge in [-0.1, -0.05) is 39.8 Å². The summed E-state index contributed by atoms with van der Waals surface area (Å²) in [7, 11) is 0. The summed E-state index contributed by atoms with van der Waals surface area (Å²) in [6, 6.07) is 13.2. The molecule has 0 aromatic heterocycles. The molecule has 2 N–H and O–H groups in total. The van der Waals surface area contributed by atoms with Crippen molar-refractivity contribution < 1.29 is 14.3 Å². The van der Waals surface area contributed by atoms with Crippen LogP contribution in [0.5, 0.6) is 5.75 Å². The SMILES string of the molecule is CC[C@@H]1Oc2ccc(NC(=O)Nc3ccc(C(C)C)cc3)cc2CN([C@@H](C)CC)C1=O. The summed E-state index contributed by atoms with van der Waals surface area (Å²) in [4.78, 5) is 27.3. The Hall–Kier alpha value is -3.02. The maximum absolute atomic E-state index is 12.9. The van der Waals surface area contributed by atoms with E-state index in [0.717, 1.165) is 17.7 Å². The van der Waals surface area contributed by atoms with Gasteiger partial charge in [0.25, 0.3) is 5.91 Å². The summed E-state index contributed by atoms with van der Waals surface area (Å²) in [6.07, 6.45) is 1.00. The number of fused-ring (bicyclic) bond motifs is 1. The van der Waals surface area contributed by atoms with E-state index in [2.05, 4.69) is 38.3 Å². The van der Waals surface area contributed by atoms with Crippen LogP contribution < -0.4 is 15.4 Å². The van der Waals surface area contributed by atoms with E-state index in [-0.39, 0.29) is 18.0 Å². The summed E-state index contributed by atoms with van der Waals surface area (Å²) in [6.45, 7) is 10.8. The highest BCUT2D eigenvalue weighted by atomic mass is 16.5. The molecular weight excluding hydrogens is 390 g/mol. The molecule has 2 atom stereocenters. The van der Waals surface area contributed by atoms with Crippen LogP contribution in [0.2, 0.25) is 0 Å². The van der Waals surface area contributed by atoms with E-state index in [0.29, 0.717) is 30.3 Å². The topological polar surface area (TPSA) is 70.7 Å². The van der Waals surface area contributed by atoms with Crippen molar-refractivity contribution in [3.63, 3.8) is 0 Å². The van der Waals surface area contributed by atoms with Crippen LogP contribution in [0.3, 0.4) is 0 Å². The third-order valence-electron chi connectivity index (χ3n) is 5.82. The van der Waals surface area contributed by atoms with Gasteiger partial charge in [-0.3, -0.25) is 4.79 Å². The van der Waals surface area contributed by atoms with E-state index in [1.165, 1.54) is 5.56 Å². The number of urea groups is 1. The Morgan fingerprint density at radius 2 is 1.71 bits per heavy atom. The fourth-order valence-corrected chi connectivity index (χ4v) is 3.64. The lowest BCUT2D eigenvalue weighted by molar-refractivity contribution is -0.140. The van der Waals surface area contributed by atoms with Crippen LogP contribution in [-0.4, -0.2) is 29.0 Å². The minimum atomic E-state index is -0.480. The van der Waals surface area contributed by atoms with Gasteiger partial charge in [0.2, 0.25) is 0 Å². The molecule has 3 amide bonds. The maximum Gasteiger partial charge on any atom is 0.323 e. The number of nitrogens with zero attached hydrogens (tertiary/aromatic N) is 1. The number of hydrogen-bond acceptors (Lipinski definition) is 3. The Balaban J connectivity index is 1.74. The summed E-state index contributed by atoms with van der Waals surface area (Å²) in [5, 5.41) is 5.75. The quantitative estimate of drug-likeness (QED) is 0.621. The largest absolute Gasteiger partial charge is 0.480 e. The second kappa shape index (κ2) is 9.86. The Morgan fingerprint density at radius 3 is 2.32 bits per heavy atom. The van der Waals surface area contributed by atoms with E-state index in [9.17, 15) is 9.59 Å². The van der Waals surface area contributed by atoms with Gasteiger partial charge in [0.05, 0.1) is 0 Å². The first-order valence-electron chi connectivity index (χ1n) is 11.1. The molecule has 6 heteroatoms. The van der Waals surface area contributed by atoms with Crippen LogP contribution >= 0.6 is 0 Å². The molecule has 0 fully saturated rings. The van der Waals surface area contributed by atoms with Gasteiger partial charge >= 0.3 is 6.03 Å². The minimum absolute atomic E-state index is 0.0187. The monoisotopic (exact) mass is 423 g/mol. The number of ether oxygens (including phenoxy) is 1. The highest BCUT2D eigenvalue weighted by Gasteiger charge is 2.32. The fraction of sp³-hybridized carbons (Fsp3) is 0.440. The van der Waals surface area contributed by atoms with Gasteiger partial charge in [0.1, 0.15) is 5.75 Å². The number of carbonyl (C=O) groups excluding carboxylic acids is 2. The lowest BCUT2D eigenvalue weighted by Crippen LogP contribution is -2.43. The first kappa shape index (κ1) is 22.7. The molecule has 1 aliphatic rings. The van der Waals surface area contributed by atoms with Crippen molar-refractivity contribution in [2.24, 2.45) is 0 Å².